The molecule has 3 aromatic carbocycles. The Balaban J connectivity index is 1.71. The van der Waals surface area contributed by atoms with Crippen LogP contribution in [0.15, 0.2) is 114 Å². The van der Waals surface area contributed by atoms with Gasteiger partial charge in [-0.2, -0.15) is 0 Å². The van der Waals surface area contributed by atoms with E-state index in [1.807, 2.05) is 13.1 Å². The van der Waals surface area contributed by atoms with Crippen molar-refractivity contribution in [2.75, 3.05) is 13.2 Å². The van der Waals surface area contributed by atoms with Gasteiger partial charge in [0.25, 0.3) is 0 Å². The predicted molar refractivity (Wildman–Crippen MR) is 190 cm³/mol. The van der Waals surface area contributed by atoms with Crippen LogP contribution in [0.1, 0.15) is 71.9 Å². The first-order chi connectivity index (χ1) is 20.5. The summed E-state index contributed by atoms with van der Waals surface area (Å²) in [4.78, 5) is 4.49. The van der Waals surface area contributed by atoms with Crippen molar-refractivity contribution in [3.05, 3.63) is 126 Å². The highest BCUT2D eigenvalue weighted by atomic mass is 31.2. The van der Waals surface area contributed by atoms with Gasteiger partial charge in [-0.05, 0) is 124 Å². The van der Waals surface area contributed by atoms with Gasteiger partial charge in [-0.25, -0.2) is 4.39 Å². The summed E-state index contributed by atoms with van der Waals surface area (Å²) in [5.74, 6) is 0.596. The second kappa shape index (κ2) is 14.1. The Morgan fingerprint density at radius 1 is 1.02 bits per heavy atom. The number of fused-ring (bicyclic) bond motifs is 1. The van der Waals surface area contributed by atoms with Crippen LogP contribution in [0, 0.1) is 17.7 Å². The Labute approximate surface area is 261 Å². The van der Waals surface area contributed by atoms with E-state index < -0.39 is 7.26 Å². The molecule has 0 amide bonds. The van der Waals surface area contributed by atoms with Crippen molar-refractivity contribution in [1.82, 2.24) is 0 Å². The monoisotopic (exact) mass is 594 g/mol. The zero-order valence-corrected chi connectivity index (χ0v) is 28.2. The first-order valence-electron chi connectivity index (χ1n) is 15.8. The SMILES string of the molecule is C=C(CC)C(/C=C(\C)C(C)CC1C=C(CC[P+](c2ccccc2)(c2ccccc2)C(C)(C)C)c2ccc(F)cc2C1)=NC. The van der Waals surface area contributed by atoms with Crippen molar-refractivity contribution in [2.24, 2.45) is 16.8 Å². The van der Waals surface area contributed by atoms with E-state index in [9.17, 15) is 4.39 Å². The molecule has 3 heteroatoms. The van der Waals surface area contributed by atoms with Crippen molar-refractivity contribution >= 4 is 29.2 Å². The van der Waals surface area contributed by atoms with Gasteiger partial charge in [0.2, 0.25) is 0 Å². The minimum atomic E-state index is -1.81. The second-order valence-corrected chi connectivity index (χ2v) is 17.6. The maximum Gasteiger partial charge on any atom is 0.123 e. The third kappa shape index (κ3) is 7.35. The van der Waals surface area contributed by atoms with E-state index in [0.29, 0.717) is 11.8 Å². The largest absolute Gasteiger partial charge is 0.288 e. The maximum absolute atomic E-state index is 14.6. The Bertz CT molecular complexity index is 1450. The van der Waals surface area contributed by atoms with Crippen LogP contribution in [0.4, 0.5) is 4.39 Å². The summed E-state index contributed by atoms with van der Waals surface area (Å²) in [6.07, 6.45) is 9.57. The minimum Gasteiger partial charge on any atom is -0.288 e. The van der Waals surface area contributed by atoms with E-state index >= 15 is 0 Å². The van der Waals surface area contributed by atoms with Gasteiger partial charge in [-0.15, -0.1) is 0 Å². The molecule has 0 spiro atoms. The minimum absolute atomic E-state index is 0.0768. The fraction of sp³-hybridized carbons (Fsp3) is 0.375. The first kappa shape index (κ1) is 32.8. The van der Waals surface area contributed by atoms with E-state index in [-0.39, 0.29) is 11.0 Å². The van der Waals surface area contributed by atoms with Crippen molar-refractivity contribution < 1.29 is 4.39 Å². The van der Waals surface area contributed by atoms with E-state index in [2.05, 4.69) is 126 Å². The summed E-state index contributed by atoms with van der Waals surface area (Å²) in [5, 5.41) is 2.99. The van der Waals surface area contributed by atoms with E-state index in [0.717, 1.165) is 48.7 Å². The molecule has 0 heterocycles. The molecule has 0 bridgehead atoms. The lowest BCUT2D eigenvalue weighted by molar-refractivity contribution is 0.485. The summed E-state index contributed by atoms with van der Waals surface area (Å²) in [6, 6.07) is 27.8. The van der Waals surface area contributed by atoms with Crippen LogP contribution in [0.5, 0.6) is 0 Å². The molecule has 2 unspecified atom stereocenters. The fourth-order valence-corrected chi connectivity index (χ4v) is 11.8. The average molecular weight is 595 g/mol. The molecule has 0 radical (unpaired) electrons. The molecule has 1 aliphatic carbocycles. The van der Waals surface area contributed by atoms with Crippen LogP contribution < -0.4 is 10.6 Å². The van der Waals surface area contributed by atoms with Crippen LogP contribution in [0.3, 0.4) is 0 Å². The molecule has 226 valence electrons. The zero-order valence-electron chi connectivity index (χ0n) is 27.3. The Morgan fingerprint density at radius 3 is 2.16 bits per heavy atom. The number of hydrogen-bond acceptors (Lipinski definition) is 1. The molecular formula is C40H50FNP+. The molecule has 2 atom stereocenters. The normalized spacial score (nSPS) is 16.8. The van der Waals surface area contributed by atoms with Crippen LogP contribution in [-0.2, 0) is 6.42 Å². The number of nitrogens with zero attached hydrogens (tertiary/aromatic N) is 1. The lowest BCUT2D eigenvalue weighted by Gasteiger charge is -2.39. The lowest BCUT2D eigenvalue weighted by Crippen LogP contribution is -2.38. The molecule has 0 fully saturated rings. The van der Waals surface area contributed by atoms with Crippen LogP contribution in [0.2, 0.25) is 0 Å². The smallest absolute Gasteiger partial charge is 0.123 e. The van der Waals surface area contributed by atoms with Crippen LogP contribution >= 0.6 is 7.26 Å². The van der Waals surface area contributed by atoms with Gasteiger partial charge in [-0.1, -0.05) is 74.5 Å². The Hall–Kier alpha value is -3.09. The molecule has 0 aliphatic heterocycles. The lowest BCUT2D eigenvalue weighted by atomic mass is 9.79. The molecule has 3 aromatic rings. The van der Waals surface area contributed by atoms with Gasteiger partial charge < -0.3 is 0 Å². The van der Waals surface area contributed by atoms with E-state index in [4.69, 9.17) is 0 Å². The number of allylic oxidation sites excluding steroid dienone is 5. The molecule has 0 aromatic heterocycles. The number of benzene rings is 3. The average Bonchev–Trinajstić information content (AvgIpc) is 2.99. The molecule has 0 saturated carbocycles. The third-order valence-corrected chi connectivity index (χ3v) is 15.0. The number of hydrogen-bond donors (Lipinski definition) is 0. The van der Waals surface area contributed by atoms with E-state index in [1.54, 1.807) is 12.1 Å². The fourth-order valence-electron chi connectivity index (χ4n) is 6.80. The molecule has 43 heavy (non-hydrogen) atoms. The highest BCUT2D eigenvalue weighted by Gasteiger charge is 2.52. The molecule has 0 saturated heterocycles. The van der Waals surface area contributed by atoms with Gasteiger partial charge in [-0.3, -0.25) is 4.99 Å². The summed E-state index contributed by atoms with van der Waals surface area (Å²) >= 11 is 0. The van der Waals surface area contributed by atoms with Gasteiger partial charge in [0.05, 0.1) is 34.9 Å². The predicted octanol–water partition coefficient (Wildman–Crippen LogP) is 10.2. The number of rotatable bonds is 11. The van der Waals surface area contributed by atoms with Crippen molar-refractivity contribution in [3.8, 4) is 0 Å². The molecular weight excluding hydrogens is 544 g/mol. The van der Waals surface area contributed by atoms with Gasteiger partial charge in [0.15, 0.2) is 0 Å². The van der Waals surface area contributed by atoms with Crippen molar-refractivity contribution in [2.45, 2.75) is 72.4 Å². The van der Waals surface area contributed by atoms with Crippen LogP contribution in [0.25, 0.3) is 5.57 Å². The summed E-state index contributed by atoms with van der Waals surface area (Å²) in [6.45, 7) is 18.1. The molecule has 4 rings (SSSR count). The highest BCUT2D eigenvalue weighted by Crippen LogP contribution is 2.67. The van der Waals surface area contributed by atoms with Gasteiger partial charge in [0.1, 0.15) is 5.82 Å². The number of halogens is 1. The van der Waals surface area contributed by atoms with Gasteiger partial charge >= 0.3 is 0 Å². The Kier molecular flexibility index (Phi) is 10.8. The Morgan fingerprint density at radius 2 is 1.63 bits per heavy atom. The molecule has 0 N–H and O–H groups in total. The standard InChI is InChI=1S/C40H50FNP/c1-9-29(2)39(42-8)25-31(4)30(3)24-32-26-33(38-21-20-35(41)28-34(38)27-32)22-23-43(40(5,6)7,36-16-12-10-13-17-36)37-18-14-11-15-19-37/h10-21,25-26,28,30,32H,2,9,22-24,27H2,1,3-8H3/q+1/b31-25+,42-39?. The molecule has 1 nitrogen and oxygen atoms in total. The van der Waals surface area contributed by atoms with Crippen molar-refractivity contribution in [3.63, 3.8) is 0 Å². The highest BCUT2D eigenvalue weighted by molar-refractivity contribution is 7.90. The first-order valence-corrected chi connectivity index (χ1v) is 17.8. The summed E-state index contributed by atoms with van der Waals surface area (Å²) in [7, 11) is 0.0313. The van der Waals surface area contributed by atoms with Crippen LogP contribution in [-0.4, -0.2) is 24.1 Å². The number of aliphatic imine (C=N–C) groups is 1. The quantitative estimate of drug-likeness (QED) is 0.155. The third-order valence-electron chi connectivity index (χ3n) is 9.42. The summed E-state index contributed by atoms with van der Waals surface area (Å²) in [5.41, 5.74) is 7.12. The zero-order chi connectivity index (χ0) is 31.2. The van der Waals surface area contributed by atoms with E-state index in [1.165, 1.54) is 27.3 Å². The molecule has 1 aliphatic rings. The topological polar surface area (TPSA) is 12.4 Å². The second-order valence-electron chi connectivity index (χ2n) is 13.2. The maximum atomic E-state index is 14.6. The summed E-state index contributed by atoms with van der Waals surface area (Å²) < 4.78 is 14.6. The van der Waals surface area contributed by atoms with Gasteiger partial charge in [0, 0.05) is 13.5 Å². The van der Waals surface area contributed by atoms with Crippen molar-refractivity contribution in [1.29, 1.82) is 0 Å².